The maximum absolute atomic E-state index is 13.0. The normalized spacial score (nSPS) is 18.6. The SMILES string of the molecule is OC(CC1CCC1)c1ccc(F)c(Br)c1. The van der Waals surface area contributed by atoms with E-state index in [1.165, 1.54) is 25.3 Å². The van der Waals surface area contributed by atoms with Gasteiger partial charge in [0.25, 0.3) is 0 Å². The van der Waals surface area contributed by atoms with Gasteiger partial charge in [-0.15, -0.1) is 0 Å². The molecule has 82 valence electrons. The summed E-state index contributed by atoms with van der Waals surface area (Å²) < 4.78 is 13.4. The highest BCUT2D eigenvalue weighted by atomic mass is 79.9. The van der Waals surface area contributed by atoms with Crippen molar-refractivity contribution < 1.29 is 9.50 Å². The summed E-state index contributed by atoms with van der Waals surface area (Å²) in [6.07, 6.45) is 4.08. The predicted molar refractivity (Wildman–Crippen MR) is 61.0 cm³/mol. The van der Waals surface area contributed by atoms with Crippen LogP contribution < -0.4 is 0 Å². The molecule has 0 aromatic heterocycles. The number of rotatable bonds is 3. The van der Waals surface area contributed by atoms with Gasteiger partial charge in [0.1, 0.15) is 5.82 Å². The van der Waals surface area contributed by atoms with Gasteiger partial charge in [-0.2, -0.15) is 0 Å². The Hall–Kier alpha value is -0.410. The second-order valence-electron chi connectivity index (χ2n) is 4.22. The van der Waals surface area contributed by atoms with Crippen LogP contribution in [-0.2, 0) is 0 Å². The first-order valence-corrected chi connectivity index (χ1v) is 6.09. The van der Waals surface area contributed by atoms with Crippen LogP contribution in [0.2, 0.25) is 0 Å². The van der Waals surface area contributed by atoms with Gasteiger partial charge in [-0.25, -0.2) is 4.39 Å². The molecule has 1 aliphatic carbocycles. The molecule has 1 saturated carbocycles. The van der Waals surface area contributed by atoms with E-state index in [9.17, 15) is 9.50 Å². The van der Waals surface area contributed by atoms with Gasteiger partial charge in [0.15, 0.2) is 0 Å². The van der Waals surface area contributed by atoms with E-state index < -0.39 is 6.10 Å². The summed E-state index contributed by atoms with van der Waals surface area (Å²) in [5, 5.41) is 9.93. The molecule has 0 bridgehead atoms. The molecule has 0 amide bonds. The van der Waals surface area contributed by atoms with Gasteiger partial charge in [-0.05, 0) is 46.0 Å². The molecule has 0 aliphatic heterocycles. The Bertz CT molecular complexity index is 349. The molecule has 15 heavy (non-hydrogen) atoms. The summed E-state index contributed by atoms with van der Waals surface area (Å²) in [5.74, 6) is 0.374. The van der Waals surface area contributed by atoms with E-state index in [1.807, 2.05) is 0 Å². The standard InChI is InChI=1S/C12H14BrFO/c13-10-7-9(4-5-11(10)14)12(15)6-8-2-1-3-8/h4-5,7-8,12,15H,1-3,6H2. The molecule has 1 N–H and O–H groups in total. The van der Waals surface area contributed by atoms with E-state index in [-0.39, 0.29) is 5.82 Å². The van der Waals surface area contributed by atoms with Gasteiger partial charge in [0.2, 0.25) is 0 Å². The minimum absolute atomic E-state index is 0.283. The molecule has 3 heteroatoms. The number of hydrogen-bond donors (Lipinski definition) is 1. The summed E-state index contributed by atoms with van der Waals surface area (Å²) in [6, 6.07) is 4.71. The number of hydrogen-bond acceptors (Lipinski definition) is 1. The molecule has 0 saturated heterocycles. The number of halogens is 2. The summed E-state index contributed by atoms with van der Waals surface area (Å²) in [6.45, 7) is 0. The molecule has 1 unspecified atom stereocenters. The molecule has 1 aromatic rings. The molecular weight excluding hydrogens is 259 g/mol. The third-order valence-electron chi connectivity index (χ3n) is 3.11. The van der Waals surface area contributed by atoms with Crippen molar-refractivity contribution in [1.29, 1.82) is 0 Å². The van der Waals surface area contributed by atoms with Crippen LogP contribution in [0, 0.1) is 11.7 Å². The van der Waals surface area contributed by atoms with E-state index >= 15 is 0 Å². The largest absolute Gasteiger partial charge is 0.388 e. The first kappa shape index (κ1) is 11.1. The van der Waals surface area contributed by atoms with Crippen LogP contribution in [0.25, 0.3) is 0 Å². The van der Waals surface area contributed by atoms with Crippen LogP contribution in [0.15, 0.2) is 22.7 Å². The van der Waals surface area contributed by atoms with Crippen molar-refractivity contribution in [3.63, 3.8) is 0 Å². The third kappa shape index (κ3) is 2.58. The van der Waals surface area contributed by atoms with Gasteiger partial charge in [-0.1, -0.05) is 25.3 Å². The van der Waals surface area contributed by atoms with Gasteiger partial charge >= 0.3 is 0 Å². The Balaban J connectivity index is 2.03. The molecule has 2 rings (SSSR count). The van der Waals surface area contributed by atoms with Gasteiger partial charge in [0.05, 0.1) is 10.6 Å². The lowest BCUT2D eigenvalue weighted by atomic mass is 9.80. The topological polar surface area (TPSA) is 20.2 Å². The number of aliphatic hydroxyl groups is 1. The Morgan fingerprint density at radius 1 is 1.47 bits per heavy atom. The van der Waals surface area contributed by atoms with Crippen LogP contribution in [0.4, 0.5) is 4.39 Å². The fraction of sp³-hybridized carbons (Fsp3) is 0.500. The quantitative estimate of drug-likeness (QED) is 0.887. The van der Waals surface area contributed by atoms with Crippen molar-refractivity contribution in [3.05, 3.63) is 34.1 Å². The van der Waals surface area contributed by atoms with Crippen LogP contribution in [0.5, 0.6) is 0 Å². The molecular formula is C12H14BrFO. The van der Waals surface area contributed by atoms with Crippen LogP contribution in [0.3, 0.4) is 0 Å². The molecule has 1 fully saturated rings. The molecule has 1 aromatic carbocycles. The summed E-state index contributed by atoms with van der Waals surface area (Å²) in [5.41, 5.74) is 0.801. The Labute approximate surface area is 97.4 Å². The minimum atomic E-state index is -0.452. The Morgan fingerprint density at radius 2 is 2.20 bits per heavy atom. The first-order chi connectivity index (χ1) is 7.16. The fourth-order valence-corrected chi connectivity index (χ4v) is 2.30. The highest BCUT2D eigenvalue weighted by molar-refractivity contribution is 9.10. The van der Waals surface area contributed by atoms with E-state index in [1.54, 1.807) is 12.1 Å². The minimum Gasteiger partial charge on any atom is -0.388 e. The highest BCUT2D eigenvalue weighted by Gasteiger charge is 2.21. The maximum Gasteiger partial charge on any atom is 0.137 e. The van der Waals surface area contributed by atoms with E-state index in [2.05, 4.69) is 15.9 Å². The third-order valence-corrected chi connectivity index (χ3v) is 3.72. The van der Waals surface area contributed by atoms with E-state index in [4.69, 9.17) is 0 Å². The first-order valence-electron chi connectivity index (χ1n) is 5.30. The Morgan fingerprint density at radius 3 is 2.73 bits per heavy atom. The zero-order valence-electron chi connectivity index (χ0n) is 8.42. The number of benzene rings is 1. The molecule has 1 nitrogen and oxygen atoms in total. The van der Waals surface area contributed by atoms with Crippen molar-refractivity contribution in [2.75, 3.05) is 0 Å². The fourth-order valence-electron chi connectivity index (χ4n) is 1.90. The van der Waals surface area contributed by atoms with Crippen LogP contribution in [-0.4, -0.2) is 5.11 Å². The van der Waals surface area contributed by atoms with Crippen LogP contribution in [0.1, 0.15) is 37.4 Å². The number of aliphatic hydroxyl groups excluding tert-OH is 1. The second kappa shape index (κ2) is 4.62. The molecule has 0 spiro atoms. The lowest BCUT2D eigenvalue weighted by Crippen LogP contribution is -2.14. The smallest absolute Gasteiger partial charge is 0.137 e. The van der Waals surface area contributed by atoms with E-state index in [0.717, 1.165) is 12.0 Å². The highest BCUT2D eigenvalue weighted by Crippen LogP contribution is 2.35. The monoisotopic (exact) mass is 272 g/mol. The van der Waals surface area contributed by atoms with Gasteiger partial charge in [-0.3, -0.25) is 0 Å². The van der Waals surface area contributed by atoms with Gasteiger partial charge in [0, 0.05) is 0 Å². The lowest BCUT2D eigenvalue weighted by molar-refractivity contribution is 0.118. The average Bonchev–Trinajstić information content (AvgIpc) is 2.15. The van der Waals surface area contributed by atoms with Crippen LogP contribution >= 0.6 is 15.9 Å². The molecule has 1 atom stereocenters. The zero-order valence-corrected chi connectivity index (χ0v) is 10.0. The average molecular weight is 273 g/mol. The van der Waals surface area contributed by atoms with Crippen molar-refractivity contribution in [2.45, 2.75) is 31.8 Å². The summed E-state index contributed by atoms with van der Waals surface area (Å²) >= 11 is 3.13. The second-order valence-corrected chi connectivity index (χ2v) is 5.08. The van der Waals surface area contributed by atoms with Crippen molar-refractivity contribution in [3.8, 4) is 0 Å². The van der Waals surface area contributed by atoms with Crippen molar-refractivity contribution in [2.24, 2.45) is 5.92 Å². The zero-order chi connectivity index (χ0) is 10.8. The molecule has 0 heterocycles. The van der Waals surface area contributed by atoms with Crippen molar-refractivity contribution >= 4 is 15.9 Å². The predicted octanol–water partition coefficient (Wildman–Crippen LogP) is 3.81. The molecule has 1 aliphatic rings. The summed E-state index contributed by atoms with van der Waals surface area (Å²) in [7, 11) is 0. The summed E-state index contributed by atoms with van der Waals surface area (Å²) in [4.78, 5) is 0. The van der Waals surface area contributed by atoms with E-state index in [0.29, 0.717) is 10.4 Å². The Kier molecular flexibility index (Phi) is 3.42. The molecule has 0 radical (unpaired) electrons. The van der Waals surface area contributed by atoms with Crippen molar-refractivity contribution in [1.82, 2.24) is 0 Å². The lowest BCUT2D eigenvalue weighted by Gasteiger charge is -2.27. The van der Waals surface area contributed by atoms with Gasteiger partial charge < -0.3 is 5.11 Å². The maximum atomic E-state index is 13.0.